The molecule has 6 heteroatoms. The fraction of sp³-hybridized carbons (Fsp3) is 0.800. The molecule has 0 aromatic carbocycles. The number of esters is 1. The van der Waals surface area contributed by atoms with Gasteiger partial charge in [-0.3, -0.25) is 9.59 Å². The van der Waals surface area contributed by atoms with Crippen molar-refractivity contribution in [3.8, 4) is 0 Å². The SMILES string of the molecule is CCCCC/C=C/C=C/C=C/C=C/CCCCCCCC(=O)OC(CCCCC/C=C/CCCCCCCCC)CC(=O)NC(CO)C(O)CCCCCCCCCCCCCCCCC. The highest BCUT2D eigenvalue weighted by atomic mass is 16.5. The largest absolute Gasteiger partial charge is 0.462 e. The van der Waals surface area contributed by atoms with Gasteiger partial charge in [0.15, 0.2) is 0 Å². The van der Waals surface area contributed by atoms with Crippen molar-refractivity contribution in [3.63, 3.8) is 0 Å². The lowest BCUT2D eigenvalue weighted by Gasteiger charge is -2.24. The summed E-state index contributed by atoms with van der Waals surface area (Å²) in [7, 11) is 0. The minimum atomic E-state index is -0.798. The number of carbonyl (C=O) groups excluding carboxylic acids is 2. The maximum Gasteiger partial charge on any atom is 0.306 e. The minimum absolute atomic E-state index is 0.0570. The van der Waals surface area contributed by atoms with Gasteiger partial charge in [0.1, 0.15) is 6.10 Å². The number of carbonyl (C=O) groups is 2. The number of nitrogens with one attached hydrogen (secondary N) is 1. The van der Waals surface area contributed by atoms with Crippen molar-refractivity contribution in [2.75, 3.05) is 6.61 Å². The molecule has 3 atom stereocenters. The van der Waals surface area contributed by atoms with Crippen LogP contribution < -0.4 is 5.32 Å². The molecule has 0 aromatic heterocycles. The first kappa shape index (κ1) is 63.6. The summed E-state index contributed by atoms with van der Waals surface area (Å²) >= 11 is 0. The predicted molar refractivity (Wildman–Crippen MR) is 287 cm³/mol. The monoisotopic (exact) mass is 924 g/mol. The van der Waals surface area contributed by atoms with Crippen molar-refractivity contribution < 1.29 is 24.5 Å². The standard InChI is InChI=1S/C60H109NO5/c1-4-7-10-13-16-19-22-25-28-29-30-32-35-38-41-44-47-50-53-60(65)66-56(51-48-45-42-39-36-33-27-24-21-18-15-12-9-6-3)54-59(64)61-57(55-62)58(63)52-49-46-43-40-37-34-31-26-23-20-17-14-11-8-5-2/h16,19,22,25,28-30,32-33,36,56-58,62-63H,4-15,17-18,20-21,23-24,26-27,31,34-35,37-55H2,1-3H3,(H,61,64)/b19-16+,25-22+,29-28+,32-30+,36-33+. The van der Waals surface area contributed by atoms with Crippen LogP contribution in [0.3, 0.4) is 0 Å². The lowest BCUT2D eigenvalue weighted by atomic mass is 10.0. The Morgan fingerprint density at radius 1 is 0.439 bits per heavy atom. The molecule has 0 radical (unpaired) electrons. The second-order valence-electron chi connectivity index (χ2n) is 19.4. The molecular weight excluding hydrogens is 815 g/mol. The summed E-state index contributed by atoms with van der Waals surface area (Å²) in [5.41, 5.74) is 0. The summed E-state index contributed by atoms with van der Waals surface area (Å²) in [6.07, 6.45) is 67.0. The fourth-order valence-electron chi connectivity index (χ4n) is 8.56. The van der Waals surface area contributed by atoms with E-state index in [0.29, 0.717) is 19.3 Å². The number of unbranched alkanes of at least 4 members (excludes halogenated alkanes) is 32. The molecule has 0 fully saturated rings. The molecule has 3 unspecified atom stereocenters. The molecule has 0 aromatic rings. The summed E-state index contributed by atoms with van der Waals surface area (Å²) in [5.74, 6) is -0.509. The lowest BCUT2D eigenvalue weighted by molar-refractivity contribution is -0.151. The lowest BCUT2D eigenvalue weighted by Crippen LogP contribution is -2.46. The average Bonchev–Trinajstić information content (AvgIpc) is 3.31. The van der Waals surface area contributed by atoms with Crippen LogP contribution in [0.1, 0.15) is 284 Å². The third kappa shape index (κ3) is 48.0. The van der Waals surface area contributed by atoms with Gasteiger partial charge in [0.2, 0.25) is 5.91 Å². The number of ether oxygens (including phenoxy) is 1. The van der Waals surface area contributed by atoms with Crippen LogP contribution in [0.2, 0.25) is 0 Å². The van der Waals surface area contributed by atoms with Gasteiger partial charge in [-0.05, 0) is 77.0 Å². The molecule has 1 amide bonds. The molecule has 0 rings (SSSR count). The van der Waals surface area contributed by atoms with Gasteiger partial charge in [0, 0.05) is 6.42 Å². The van der Waals surface area contributed by atoms with E-state index < -0.39 is 18.2 Å². The molecule has 0 saturated carbocycles. The third-order valence-corrected chi connectivity index (χ3v) is 12.9. The van der Waals surface area contributed by atoms with Gasteiger partial charge in [0.05, 0.1) is 25.2 Å². The molecule has 6 nitrogen and oxygen atoms in total. The highest BCUT2D eigenvalue weighted by molar-refractivity contribution is 5.77. The van der Waals surface area contributed by atoms with E-state index in [4.69, 9.17) is 4.74 Å². The van der Waals surface area contributed by atoms with Crippen molar-refractivity contribution in [2.24, 2.45) is 0 Å². The molecule has 0 bridgehead atoms. The van der Waals surface area contributed by atoms with Crippen molar-refractivity contribution in [1.82, 2.24) is 5.32 Å². The summed E-state index contributed by atoms with van der Waals surface area (Å²) in [5, 5.41) is 23.9. The first-order chi connectivity index (χ1) is 32.5. The van der Waals surface area contributed by atoms with Gasteiger partial charge in [-0.2, -0.15) is 0 Å². The van der Waals surface area contributed by atoms with Gasteiger partial charge in [0.25, 0.3) is 0 Å². The van der Waals surface area contributed by atoms with Gasteiger partial charge in [-0.1, -0.05) is 255 Å². The second kappa shape index (κ2) is 53.5. The first-order valence-electron chi connectivity index (χ1n) is 28.6. The van der Waals surface area contributed by atoms with Crippen LogP contribution in [-0.2, 0) is 14.3 Å². The Morgan fingerprint density at radius 2 is 0.788 bits per heavy atom. The number of aliphatic hydroxyl groups excluding tert-OH is 2. The van der Waals surface area contributed by atoms with Gasteiger partial charge >= 0.3 is 5.97 Å². The van der Waals surface area contributed by atoms with Gasteiger partial charge in [-0.15, -0.1) is 0 Å². The summed E-state index contributed by atoms with van der Waals surface area (Å²) in [6, 6.07) is -0.713. The number of hydrogen-bond acceptors (Lipinski definition) is 5. The van der Waals surface area contributed by atoms with E-state index in [1.54, 1.807) is 0 Å². The van der Waals surface area contributed by atoms with E-state index in [0.717, 1.165) is 96.3 Å². The van der Waals surface area contributed by atoms with Crippen molar-refractivity contribution in [2.45, 2.75) is 302 Å². The number of rotatable bonds is 51. The molecule has 0 aliphatic rings. The average molecular weight is 925 g/mol. The fourth-order valence-corrected chi connectivity index (χ4v) is 8.56. The first-order valence-corrected chi connectivity index (χ1v) is 28.6. The highest BCUT2D eigenvalue weighted by Crippen LogP contribution is 2.18. The molecule has 0 saturated heterocycles. The van der Waals surface area contributed by atoms with Crippen LogP contribution >= 0.6 is 0 Å². The van der Waals surface area contributed by atoms with Crippen LogP contribution in [0.15, 0.2) is 60.8 Å². The number of aliphatic hydroxyl groups is 2. The van der Waals surface area contributed by atoms with Crippen LogP contribution in [0.25, 0.3) is 0 Å². The summed E-state index contributed by atoms with van der Waals surface area (Å²) in [4.78, 5) is 26.3. The van der Waals surface area contributed by atoms with Crippen LogP contribution in [0, 0.1) is 0 Å². The zero-order valence-electron chi connectivity index (χ0n) is 43.8. The molecule has 384 valence electrons. The highest BCUT2D eigenvalue weighted by Gasteiger charge is 2.24. The second-order valence-corrected chi connectivity index (χ2v) is 19.4. The van der Waals surface area contributed by atoms with E-state index >= 15 is 0 Å². The Balaban J connectivity index is 4.61. The molecule has 0 aliphatic carbocycles. The molecule has 66 heavy (non-hydrogen) atoms. The maximum atomic E-state index is 13.3. The zero-order valence-corrected chi connectivity index (χ0v) is 43.8. The van der Waals surface area contributed by atoms with E-state index in [9.17, 15) is 19.8 Å². The molecule has 0 spiro atoms. The Hall–Kier alpha value is -2.44. The maximum absolute atomic E-state index is 13.3. The number of allylic oxidation sites excluding steroid dienone is 10. The third-order valence-electron chi connectivity index (χ3n) is 12.9. The van der Waals surface area contributed by atoms with E-state index in [1.807, 2.05) is 0 Å². The molecular formula is C60H109NO5. The van der Waals surface area contributed by atoms with Crippen LogP contribution in [-0.4, -0.2) is 46.9 Å². The number of hydrogen-bond donors (Lipinski definition) is 3. The predicted octanol–water partition coefficient (Wildman–Crippen LogP) is 17.6. The van der Waals surface area contributed by atoms with E-state index in [2.05, 4.69) is 86.8 Å². The number of amides is 1. The quantitative estimate of drug-likeness (QED) is 0.0244. The topological polar surface area (TPSA) is 95.9 Å². The minimum Gasteiger partial charge on any atom is -0.462 e. The smallest absolute Gasteiger partial charge is 0.306 e. The molecule has 3 N–H and O–H groups in total. The Bertz CT molecular complexity index is 1170. The van der Waals surface area contributed by atoms with Gasteiger partial charge in [-0.25, -0.2) is 0 Å². The van der Waals surface area contributed by atoms with Crippen molar-refractivity contribution in [3.05, 3.63) is 60.8 Å². The van der Waals surface area contributed by atoms with Crippen LogP contribution in [0.4, 0.5) is 0 Å². The molecule has 0 aliphatic heterocycles. The molecule has 0 heterocycles. The van der Waals surface area contributed by atoms with Crippen LogP contribution in [0.5, 0.6) is 0 Å². The van der Waals surface area contributed by atoms with E-state index in [1.165, 1.54) is 141 Å². The Labute approximate surface area is 409 Å². The van der Waals surface area contributed by atoms with E-state index in [-0.39, 0.29) is 24.9 Å². The normalized spacial score (nSPS) is 13.6. The Morgan fingerprint density at radius 3 is 1.26 bits per heavy atom. The van der Waals surface area contributed by atoms with Gasteiger partial charge < -0.3 is 20.3 Å². The van der Waals surface area contributed by atoms with Crippen molar-refractivity contribution >= 4 is 11.9 Å². The summed E-state index contributed by atoms with van der Waals surface area (Å²) < 4.78 is 5.94. The zero-order chi connectivity index (χ0) is 48.1. The van der Waals surface area contributed by atoms with Crippen molar-refractivity contribution in [1.29, 1.82) is 0 Å². The Kier molecular flexibility index (Phi) is 51.5. The summed E-state index contributed by atoms with van der Waals surface area (Å²) in [6.45, 7) is 6.46.